The number of nitrogens with one attached hydrogen (secondary N) is 1. The van der Waals surface area contributed by atoms with Crippen molar-refractivity contribution in [3.63, 3.8) is 0 Å². The van der Waals surface area contributed by atoms with E-state index in [1.807, 2.05) is 0 Å². The van der Waals surface area contributed by atoms with E-state index in [0.29, 0.717) is 5.65 Å². The van der Waals surface area contributed by atoms with Gasteiger partial charge in [0, 0.05) is 13.1 Å². The summed E-state index contributed by atoms with van der Waals surface area (Å²) in [6, 6.07) is 0. The average molecular weight is 280 g/mol. The number of H-pyrrole nitrogens is 1. The number of rotatable bonds is 3. The molecule has 1 aliphatic heterocycles. The van der Waals surface area contributed by atoms with Crippen LogP contribution in [-0.2, 0) is 0 Å². The molecule has 5 nitrogen and oxygen atoms in total. The first-order valence-corrected chi connectivity index (χ1v) is 7.27. The third-order valence-electron chi connectivity index (χ3n) is 3.85. The molecule has 1 saturated heterocycles. The summed E-state index contributed by atoms with van der Waals surface area (Å²) in [6.07, 6.45) is 6.70. The fourth-order valence-electron chi connectivity index (χ4n) is 2.86. The predicted molar refractivity (Wildman–Crippen MR) is 76.5 cm³/mol. The van der Waals surface area contributed by atoms with E-state index in [2.05, 4.69) is 31.8 Å². The molecule has 6 heteroatoms. The van der Waals surface area contributed by atoms with Crippen molar-refractivity contribution in [1.82, 2.24) is 19.9 Å². The summed E-state index contributed by atoms with van der Waals surface area (Å²) in [4.78, 5) is 18.1. The Hall–Kier alpha value is -1.36. The maximum Gasteiger partial charge on any atom is 0.226 e. The molecule has 2 aromatic rings. The van der Waals surface area contributed by atoms with Gasteiger partial charge in [0.1, 0.15) is 5.52 Å². The van der Waals surface area contributed by atoms with Crippen LogP contribution < -0.4 is 4.90 Å². The van der Waals surface area contributed by atoms with E-state index in [1.165, 1.54) is 25.7 Å². The first-order valence-electron chi connectivity index (χ1n) is 6.89. The molecular formula is C13H18ClN5. The van der Waals surface area contributed by atoms with Crippen LogP contribution in [0.4, 0.5) is 5.82 Å². The molecule has 3 rings (SSSR count). The van der Waals surface area contributed by atoms with E-state index in [9.17, 15) is 0 Å². The van der Waals surface area contributed by atoms with Gasteiger partial charge in [0.15, 0.2) is 11.5 Å². The van der Waals surface area contributed by atoms with Crippen LogP contribution in [0.15, 0.2) is 6.33 Å². The summed E-state index contributed by atoms with van der Waals surface area (Å²) >= 11 is 5.98. The SMILES string of the molecule is CCCC1CCN(c2nc(Cl)nc3nc[nH]c23)CC1. The van der Waals surface area contributed by atoms with E-state index in [4.69, 9.17) is 11.6 Å². The van der Waals surface area contributed by atoms with Gasteiger partial charge >= 0.3 is 0 Å². The van der Waals surface area contributed by atoms with E-state index >= 15 is 0 Å². The molecular weight excluding hydrogens is 262 g/mol. The topological polar surface area (TPSA) is 57.7 Å². The van der Waals surface area contributed by atoms with Gasteiger partial charge < -0.3 is 9.88 Å². The zero-order valence-electron chi connectivity index (χ0n) is 11.1. The van der Waals surface area contributed by atoms with Crippen LogP contribution in [0.1, 0.15) is 32.6 Å². The number of aromatic amines is 1. The van der Waals surface area contributed by atoms with E-state index in [0.717, 1.165) is 30.3 Å². The van der Waals surface area contributed by atoms with Crippen molar-refractivity contribution in [1.29, 1.82) is 0 Å². The van der Waals surface area contributed by atoms with Crippen LogP contribution in [0.2, 0.25) is 5.28 Å². The normalized spacial score (nSPS) is 17.3. The number of piperidine rings is 1. The number of anilines is 1. The number of halogens is 1. The van der Waals surface area contributed by atoms with E-state index in [1.54, 1.807) is 6.33 Å². The highest BCUT2D eigenvalue weighted by molar-refractivity contribution is 6.28. The van der Waals surface area contributed by atoms with Gasteiger partial charge in [-0.3, -0.25) is 0 Å². The molecule has 0 saturated carbocycles. The van der Waals surface area contributed by atoms with Gasteiger partial charge in [-0.15, -0.1) is 0 Å². The van der Waals surface area contributed by atoms with Gasteiger partial charge in [-0.05, 0) is 30.4 Å². The zero-order chi connectivity index (χ0) is 13.2. The standard InChI is InChI=1S/C13H18ClN5/c1-2-3-9-4-6-19(7-5-9)12-10-11(16-8-15-10)17-13(14)18-12/h8-9H,2-7H2,1H3,(H,15,16,17,18). The van der Waals surface area contributed by atoms with Crippen LogP contribution in [0, 0.1) is 5.92 Å². The summed E-state index contributed by atoms with van der Waals surface area (Å²) in [5.74, 6) is 1.75. The van der Waals surface area contributed by atoms with Crippen LogP contribution in [-0.4, -0.2) is 33.0 Å². The fraction of sp³-hybridized carbons (Fsp3) is 0.615. The highest BCUT2D eigenvalue weighted by Crippen LogP contribution is 2.28. The number of hydrogen-bond donors (Lipinski definition) is 1. The predicted octanol–water partition coefficient (Wildman–Crippen LogP) is 3.02. The van der Waals surface area contributed by atoms with Crippen molar-refractivity contribution in [3.8, 4) is 0 Å². The number of imidazole rings is 1. The average Bonchev–Trinajstić information content (AvgIpc) is 2.87. The summed E-state index contributed by atoms with van der Waals surface area (Å²) in [6.45, 7) is 4.32. The Bertz CT molecular complexity index is 559. The third-order valence-corrected chi connectivity index (χ3v) is 4.02. The molecule has 19 heavy (non-hydrogen) atoms. The van der Waals surface area contributed by atoms with Crippen LogP contribution >= 0.6 is 11.6 Å². The first-order chi connectivity index (χ1) is 9.28. The summed E-state index contributed by atoms with van der Waals surface area (Å²) in [5.41, 5.74) is 1.53. The second-order valence-corrected chi connectivity index (χ2v) is 5.47. The van der Waals surface area contributed by atoms with Gasteiger partial charge in [0.2, 0.25) is 5.28 Å². The van der Waals surface area contributed by atoms with E-state index < -0.39 is 0 Å². The lowest BCUT2D eigenvalue weighted by molar-refractivity contribution is 0.377. The van der Waals surface area contributed by atoms with Crippen molar-refractivity contribution in [2.24, 2.45) is 5.92 Å². The molecule has 0 spiro atoms. The molecule has 0 amide bonds. The maximum absolute atomic E-state index is 5.98. The smallest absolute Gasteiger partial charge is 0.226 e. The Morgan fingerprint density at radius 3 is 2.89 bits per heavy atom. The molecule has 0 unspecified atom stereocenters. The lowest BCUT2D eigenvalue weighted by Gasteiger charge is -2.32. The monoisotopic (exact) mass is 279 g/mol. The Labute approximate surface area is 117 Å². The molecule has 0 atom stereocenters. The van der Waals surface area contributed by atoms with Crippen molar-refractivity contribution < 1.29 is 0 Å². The van der Waals surface area contributed by atoms with Gasteiger partial charge in [0.25, 0.3) is 0 Å². The van der Waals surface area contributed by atoms with Crippen molar-refractivity contribution in [2.45, 2.75) is 32.6 Å². The first kappa shape index (κ1) is 12.7. The second-order valence-electron chi connectivity index (χ2n) is 5.14. The Morgan fingerprint density at radius 2 is 2.16 bits per heavy atom. The number of fused-ring (bicyclic) bond motifs is 1. The summed E-state index contributed by atoms with van der Waals surface area (Å²) in [7, 11) is 0. The summed E-state index contributed by atoms with van der Waals surface area (Å²) in [5, 5.41) is 0.269. The molecule has 0 radical (unpaired) electrons. The van der Waals surface area contributed by atoms with Crippen molar-refractivity contribution >= 4 is 28.6 Å². The van der Waals surface area contributed by atoms with Crippen LogP contribution in [0.25, 0.3) is 11.2 Å². The minimum atomic E-state index is 0.269. The number of nitrogens with zero attached hydrogens (tertiary/aromatic N) is 4. The molecule has 3 heterocycles. The fourth-order valence-corrected chi connectivity index (χ4v) is 3.02. The summed E-state index contributed by atoms with van der Waals surface area (Å²) < 4.78 is 0. The highest BCUT2D eigenvalue weighted by Gasteiger charge is 2.22. The zero-order valence-corrected chi connectivity index (χ0v) is 11.8. The van der Waals surface area contributed by atoms with Crippen molar-refractivity contribution in [3.05, 3.63) is 11.6 Å². The lowest BCUT2D eigenvalue weighted by Crippen LogP contribution is -2.34. The van der Waals surface area contributed by atoms with Crippen LogP contribution in [0.5, 0.6) is 0 Å². The Balaban J connectivity index is 1.83. The highest BCUT2D eigenvalue weighted by atomic mass is 35.5. The molecule has 1 fully saturated rings. The van der Waals surface area contributed by atoms with Crippen molar-refractivity contribution in [2.75, 3.05) is 18.0 Å². The van der Waals surface area contributed by atoms with Crippen LogP contribution in [0.3, 0.4) is 0 Å². The lowest BCUT2D eigenvalue weighted by atomic mass is 9.92. The van der Waals surface area contributed by atoms with Gasteiger partial charge in [0.05, 0.1) is 6.33 Å². The number of hydrogen-bond acceptors (Lipinski definition) is 4. The third kappa shape index (κ3) is 2.52. The van der Waals surface area contributed by atoms with Gasteiger partial charge in [-0.25, -0.2) is 4.98 Å². The number of aromatic nitrogens is 4. The molecule has 1 N–H and O–H groups in total. The quantitative estimate of drug-likeness (QED) is 0.878. The Morgan fingerprint density at radius 1 is 1.37 bits per heavy atom. The van der Waals surface area contributed by atoms with Gasteiger partial charge in [-0.1, -0.05) is 19.8 Å². The van der Waals surface area contributed by atoms with E-state index in [-0.39, 0.29) is 5.28 Å². The molecule has 0 aromatic carbocycles. The van der Waals surface area contributed by atoms with Gasteiger partial charge in [-0.2, -0.15) is 9.97 Å². The minimum absolute atomic E-state index is 0.269. The largest absolute Gasteiger partial charge is 0.355 e. The minimum Gasteiger partial charge on any atom is -0.355 e. The molecule has 0 bridgehead atoms. The Kier molecular flexibility index (Phi) is 3.55. The second kappa shape index (κ2) is 5.33. The molecule has 0 aliphatic carbocycles. The molecule has 2 aromatic heterocycles. The maximum atomic E-state index is 5.98. The molecule has 102 valence electrons. The molecule has 1 aliphatic rings.